The van der Waals surface area contributed by atoms with Gasteiger partial charge in [-0.3, -0.25) is 9.79 Å². The normalized spacial score (nSPS) is 10.8. The number of carbonyl (C=O) groups is 1. The Labute approximate surface area is 161 Å². The summed E-state index contributed by atoms with van der Waals surface area (Å²) in [6, 6.07) is 10.1. The van der Waals surface area contributed by atoms with E-state index >= 15 is 0 Å². The van der Waals surface area contributed by atoms with Gasteiger partial charge in [-0.2, -0.15) is 0 Å². The third kappa shape index (κ3) is 6.29. The molecule has 0 bridgehead atoms. The molecule has 0 saturated carbocycles. The van der Waals surface area contributed by atoms with E-state index in [1.165, 1.54) is 0 Å². The lowest BCUT2D eigenvalue weighted by molar-refractivity contribution is 0.100. The minimum absolute atomic E-state index is 0. The van der Waals surface area contributed by atoms with Crippen molar-refractivity contribution >= 4 is 35.8 Å². The number of benzene rings is 2. The first-order valence-electron chi connectivity index (χ1n) is 7.27. The van der Waals surface area contributed by atoms with Crippen molar-refractivity contribution in [3.05, 3.63) is 70.8 Å². The fraction of sp³-hybridized carbons (Fsp3) is 0.176. The molecule has 0 saturated heterocycles. The number of guanidine groups is 1. The number of amides is 1. The molecule has 0 radical (unpaired) electrons. The van der Waals surface area contributed by atoms with Crippen molar-refractivity contribution in [2.24, 2.45) is 10.7 Å². The average molecular weight is 460 g/mol. The van der Waals surface area contributed by atoms with Crippen LogP contribution in [0.1, 0.15) is 21.5 Å². The predicted molar refractivity (Wildman–Crippen MR) is 104 cm³/mol. The number of rotatable bonds is 5. The lowest BCUT2D eigenvalue weighted by Crippen LogP contribution is -2.36. The zero-order chi connectivity index (χ0) is 17.5. The highest BCUT2D eigenvalue weighted by Crippen LogP contribution is 2.09. The minimum atomic E-state index is -0.495. The molecule has 0 heterocycles. The number of carbonyl (C=O) groups excluding carboxylic acids is 1. The van der Waals surface area contributed by atoms with E-state index in [1.54, 1.807) is 31.3 Å². The number of primary amides is 1. The van der Waals surface area contributed by atoms with Gasteiger partial charge in [-0.05, 0) is 35.9 Å². The van der Waals surface area contributed by atoms with Crippen LogP contribution in [0.4, 0.5) is 8.78 Å². The van der Waals surface area contributed by atoms with Gasteiger partial charge in [0.05, 0.1) is 0 Å². The van der Waals surface area contributed by atoms with Gasteiger partial charge in [-0.1, -0.05) is 12.1 Å². The summed E-state index contributed by atoms with van der Waals surface area (Å²) < 4.78 is 26.7. The molecule has 8 heteroatoms. The Morgan fingerprint density at radius 3 is 2.32 bits per heavy atom. The first-order chi connectivity index (χ1) is 11.5. The van der Waals surface area contributed by atoms with Gasteiger partial charge < -0.3 is 16.4 Å². The predicted octanol–water partition coefficient (Wildman–Crippen LogP) is 2.55. The number of nitrogens with zero attached hydrogens (tertiary/aromatic N) is 1. The van der Waals surface area contributed by atoms with Gasteiger partial charge in [-0.25, -0.2) is 8.78 Å². The van der Waals surface area contributed by atoms with Crippen molar-refractivity contribution in [3.8, 4) is 0 Å². The molecule has 0 unspecified atom stereocenters. The first-order valence-corrected chi connectivity index (χ1v) is 7.27. The lowest BCUT2D eigenvalue weighted by atomic mass is 10.1. The van der Waals surface area contributed by atoms with Gasteiger partial charge in [0.2, 0.25) is 5.91 Å². The highest BCUT2D eigenvalue weighted by atomic mass is 127. The molecule has 0 atom stereocenters. The highest BCUT2D eigenvalue weighted by Gasteiger charge is 2.05. The summed E-state index contributed by atoms with van der Waals surface area (Å²) in [5, 5.41) is 5.96. The van der Waals surface area contributed by atoms with E-state index in [9.17, 15) is 13.6 Å². The van der Waals surface area contributed by atoms with Crippen molar-refractivity contribution in [2.45, 2.75) is 13.1 Å². The summed E-state index contributed by atoms with van der Waals surface area (Å²) in [7, 11) is 1.58. The second kappa shape index (κ2) is 9.92. The standard InChI is InChI=1S/C17H18F2N4O.HI/c1-21-17(23-10-13-8-14(18)6-7-15(13)19)22-9-11-2-4-12(5-3-11)16(20)24;/h2-8H,9-10H2,1H3,(H2,20,24)(H2,21,22,23);1H. The van der Waals surface area contributed by atoms with Crippen molar-refractivity contribution in [2.75, 3.05) is 7.05 Å². The van der Waals surface area contributed by atoms with Crippen LogP contribution in [0.2, 0.25) is 0 Å². The number of aliphatic imine (C=N–C) groups is 1. The van der Waals surface area contributed by atoms with Gasteiger partial charge in [0, 0.05) is 31.3 Å². The third-order valence-corrected chi connectivity index (χ3v) is 3.38. The molecule has 1 amide bonds. The number of halogens is 3. The topological polar surface area (TPSA) is 79.5 Å². The Balaban J connectivity index is 0.00000312. The van der Waals surface area contributed by atoms with Crippen LogP contribution in [0.25, 0.3) is 0 Å². The second-order valence-electron chi connectivity index (χ2n) is 5.08. The van der Waals surface area contributed by atoms with E-state index in [0.29, 0.717) is 18.1 Å². The van der Waals surface area contributed by atoms with Crippen LogP contribution in [0.3, 0.4) is 0 Å². The molecule has 2 aromatic carbocycles. The summed E-state index contributed by atoms with van der Waals surface area (Å²) in [5.41, 5.74) is 6.75. The molecule has 0 aliphatic rings. The second-order valence-corrected chi connectivity index (χ2v) is 5.08. The maximum atomic E-state index is 13.6. The number of nitrogens with two attached hydrogens (primary N) is 1. The van der Waals surface area contributed by atoms with Crippen LogP contribution in [-0.2, 0) is 13.1 Å². The van der Waals surface area contributed by atoms with Gasteiger partial charge in [-0.15, -0.1) is 24.0 Å². The summed E-state index contributed by atoms with van der Waals surface area (Å²) >= 11 is 0. The van der Waals surface area contributed by atoms with Crippen molar-refractivity contribution < 1.29 is 13.6 Å². The number of hydrogen-bond donors (Lipinski definition) is 3. The van der Waals surface area contributed by atoms with E-state index in [4.69, 9.17) is 5.73 Å². The molecule has 0 spiro atoms. The van der Waals surface area contributed by atoms with E-state index in [-0.39, 0.29) is 36.1 Å². The van der Waals surface area contributed by atoms with Crippen LogP contribution in [0.5, 0.6) is 0 Å². The van der Waals surface area contributed by atoms with Crippen molar-refractivity contribution in [1.82, 2.24) is 10.6 Å². The van der Waals surface area contributed by atoms with Crippen molar-refractivity contribution in [3.63, 3.8) is 0 Å². The van der Waals surface area contributed by atoms with Crippen LogP contribution < -0.4 is 16.4 Å². The lowest BCUT2D eigenvalue weighted by Gasteiger charge is -2.12. The Morgan fingerprint density at radius 1 is 1.08 bits per heavy atom. The summed E-state index contributed by atoms with van der Waals surface area (Å²) in [6.45, 7) is 0.550. The molecule has 0 fully saturated rings. The summed E-state index contributed by atoms with van der Waals surface area (Å²) in [5.74, 6) is -1.02. The van der Waals surface area contributed by atoms with Gasteiger partial charge in [0.25, 0.3) is 0 Å². The molecule has 4 N–H and O–H groups in total. The molecule has 0 aromatic heterocycles. The largest absolute Gasteiger partial charge is 0.366 e. The van der Waals surface area contributed by atoms with Crippen LogP contribution in [-0.4, -0.2) is 18.9 Å². The Kier molecular flexibility index (Phi) is 8.26. The van der Waals surface area contributed by atoms with E-state index in [0.717, 1.165) is 23.8 Å². The molecular weight excluding hydrogens is 441 g/mol. The minimum Gasteiger partial charge on any atom is -0.366 e. The number of hydrogen-bond acceptors (Lipinski definition) is 2. The molecule has 134 valence electrons. The van der Waals surface area contributed by atoms with Crippen LogP contribution in [0.15, 0.2) is 47.5 Å². The Bertz CT molecular complexity index is 751. The fourth-order valence-electron chi connectivity index (χ4n) is 2.05. The zero-order valence-corrected chi connectivity index (χ0v) is 15.9. The summed E-state index contributed by atoms with van der Waals surface area (Å²) in [4.78, 5) is 15.0. The Morgan fingerprint density at radius 2 is 1.72 bits per heavy atom. The first kappa shape index (κ1) is 20.8. The quantitative estimate of drug-likeness (QED) is 0.365. The van der Waals surface area contributed by atoms with Crippen molar-refractivity contribution in [1.29, 1.82) is 0 Å². The van der Waals surface area contributed by atoms with Gasteiger partial charge in [0.1, 0.15) is 11.6 Å². The maximum absolute atomic E-state index is 13.6. The average Bonchev–Trinajstić information content (AvgIpc) is 2.58. The molecular formula is C17H19F2IN4O. The van der Waals surface area contributed by atoms with Crippen LogP contribution >= 0.6 is 24.0 Å². The molecule has 0 aliphatic carbocycles. The smallest absolute Gasteiger partial charge is 0.248 e. The summed E-state index contributed by atoms with van der Waals surface area (Å²) in [6.07, 6.45) is 0. The molecule has 25 heavy (non-hydrogen) atoms. The molecule has 2 aromatic rings. The zero-order valence-electron chi connectivity index (χ0n) is 13.6. The molecule has 5 nitrogen and oxygen atoms in total. The van der Waals surface area contributed by atoms with Gasteiger partial charge >= 0.3 is 0 Å². The monoisotopic (exact) mass is 460 g/mol. The van der Waals surface area contributed by atoms with Gasteiger partial charge in [0.15, 0.2) is 5.96 Å². The van der Waals surface area contributed by atoms with E-state index in [1.807, 2.05) is 0 Å². The SMILES string of the molecule is CN=C(NCc1ccc(C(N)=O)cc1)NCc1cc(F)ccc1F.I. The highest BCUT2D eigenvalue weighted by molar-refractivity contribution is 14.0. The number of nitrogens with one attached hydrogen (secondary N) is 2. The fourth-order valence-corrected chi connectivity index (χ4v) is 2.05. The molecule has 0 aliphatic heterocycles. The third-order valence-electron chi connectivity index (χ3n) is 3.38. The molecule has 2 rings (SSSR count). The van der Waals surface area contributed by atoms with E-state index < -0.39 is 17.5 Å². The Hall–Kier alpha value is -2.23. The van der Waals surface area contributed by atoms with Crippen LogP contribution in [0, 0.1) is 11.6 Å². The van der Waals surface area contributed by atoms with E-state index in [2.05, 4.69) is 15.6 Å². The maximum Gasteiger partial charge on any atom is 0.248 e.